The van der Waals surface area contributed by atoms with Crippen LogP contribution >= 0.6 is 0 Å². The van der Waals surface area contributed by atoms with E-state index in [9.17, 15) is 4.79 Å². The zero-order valence-electron chi connectivity index (χ0n) is 11.1. The van der Waals surface area contributed by atoms with Crippen LogP contribution in [0.5, 0.6) is 0 Å². The number of urea groups is 1. The third-order valence-corrected chi connectivity index (χ3v) is 3.00. The van der Waals surface area contributed by atoms with E-state index in [0.717, 1.165) is 25.9 Å². The Morgan fingerprint density at radius 1 is 1.12 bits per heavy atom. The molecule has 4 nitrogen and oxygen atoms in total. The van der Waals surface area contributed by atoms with E-state index in [1.165, 1.54) is 0 Å². The highest BCUT2D eigenvalue weighted by atomic mass is 16.3. The van der Waals surface area contributed by atoms with Gasteiger partial charge in [-0.1, -0.05) is 13.8 Å². The van der Waals surface area contributed by atoms with Crippen LogP contribution in [0.15, 0.2) is 0 Å². The number of hydrogen-bond acceptors (Lipinski definition) is 2. The number of hydrogen-bond donors (Lipinski definition) is 1. The maximum absolute atomic E-state index is 12.2. The summed E-state index contributed by atoms with van der Waals surface area (Å²) < 4.78 is 0. The Kier molecular flexibility index (Phi) is 7.99. The number of nitrogens with zero attached hydrogens (tertiary/aromatic N) is 2. The fraction of sp³-hybridized carbons (Fsp3) is 0.917. The first kappa shape index (κ1) is 15.2. The van der Waals surface area contributed by atoms with Gasteiger partial charge in [0.1, 0.15) is 0 Å². The average Bonchev–Trinajstić information content (AvgIpc) is 2.30. The first-order chi connectivity index (χ1) is 7.65. The Morgan fingerprint density at radius 3 is 1.94 bits per heavy atom. The van der Waals surface area contributed by atoms with Crippen molar-refractivity contribution < 1.29 is 9.90 Å². The van der Waals surface area contributed by atoms with Crippen molar-refractivity contribution in [2.45, 2.75) is 46.6 Å². The molecule has 0 rings (SSSR count). The second kappa shape index (κ2) is 8.39. The molecule has 0 atom stereocenters. The quantitative estimate of drug-likeness (QED) is 0.726. The third-order valence-electron chi connectivity index (χ3n) is 3.00. The minimum atomic E-state index is 0.0313. The molecular weight excluding hydrogens is 204 g/mol. The van der Waals surface area contributed by atoms with E-state index in [1.54, 1.807) is 9.80 Å². The van der Waals surface area contributed by atoms with Crippen LogP contribution < -0.4 is 0 Å². The first-order valence-corrected chi connectivity index (χ1v) is 6.32. The van der Waals surface area contributed by atoms with Crippen molar-refractivity contribution in [2.75, 3.05) is 26.2 Å². The highest BCUT2D eigenvalue weighted by molar-refractivity contribution is 5.74. The molecule has 0 aromatic heterocycles. The standard InChI is InChI=1S/C12H26N2O2/c1-5-11(6-2)14(9-10-15)12(16)13(7-3)8-4/h11,15H,5-10H2,1-4H3. The van der Waals surface area contributed by atoms with E-state index in [2.05, 4.69) is 13.8 Å². The zero-order valence-corrected chi connectivity index (χ0v) is 11.1. The fourth-order valence-corrected chi connectivity index (χ4v) is 1.95. The molecule has 0 aliphatic carbocycles. The monoisotopic (exact) mass is 230 g/mol. The van der Waals surface area contributed by atoms with Crippen molar-refractivity contribution in [3.8, 4) is 0 Å². The van der Waals surface area contributed by atoms with Gasteiger partial charge in [-0.15, -0.1) is 0 Å². The van der Waals surface area contributed by atoms with E-state index in [4.69, 9.17) is 5.11 Å². The van der Waals surface area contributed by atoms with Crippen LogP contribution in [-0.2, 0) is 0 Å². The highest BCUT2D eigenvalue weighted by Gasteiger charge is 2.23. The minimum absolute atomic E-state index is 0.0313. The number of carbonyl (C=O) groups excluding carboxylic acids is 1. The summed E-state index contributed by atoms with van der Waals surface area (Å²) in [5.41, 5.74) is 0. The first-order valence-electron chi connectivity index (χ1n) is 6.32. The highest BCUT2D eigenvalue weighted by Crippen LogP contribution is 2.11. The molecule has 0 saturated heterocycles. The molecule has 16 heavy (non-hydrogen) atoms. The van der Waals surface area contributed by atoms with E-state index >= 15 is 0 Å². The van der Waals surface area contributed by atoms with Gasteiger partial charge < -0.3 is 14.9 Å². The summed E-state index contributed by atoms with van der Waals surface area (Å²) in [4.78, 5) is 15.8. The SMILES string of the molecule is CCC(CC)N(CCO)C(=O)N(CC)CC. The molecule has 0 bridgehead atoms. The molecule has 0 aromatic carbocycles. The Labute approximate surface area is 99.2 Å². The molecule has 0 heterocycles. The fourth-order valence-electron chi connectivity index (χ4n) is 1.95. The summed E-state index contributed by atoms with van der Waals surface area (Å²) in [6.45, 7) is 10.0. The van der Waals surface area contributed by atoms with Gasteiger partial charge in [-0.25, -0.2) is 4.79 Å². The van der Waals surface area contributed by atoms with Crippen molar-refractivity contribution in [1.82, 2.24) is 9.80 Å². The van der Waals surface area contributed by atoms with Gasteiger partial charge in [0, 0.05) is 25.7 Å². The lowest BCUT2D eigenvalue weighted by molar-refractivity contribution is 0.118. The molecule has 0 spiro atoms. The lowest BCUT2D eigenvalue weighted by Gasteiger charge is -2.34. The van der Waals surface area contributed by atoms with Crippen LogP contribution in [0.1, 0.15) is 40.5 Å². The summed E-state index contributed by atoms with van der Waals surface area (Å²) in [6.07, 6.45) is 1.87. The average molecular weight is 230 g/mol. The van der Waals surface area contributed by atoms with Gasteiger partial charge in [-0.05, 0) is 26.7 Å². The zero-order chi connectivity index (χ0) is 12.6. The molecule has 0 radical (unpaired) electrons. The second-order valence-electron chi connectivity index (χ2n) is 3.84. The number of aliphatic hydroxyl groups is 1. The molecule has 0 unspecified atom stereocenters. The topological polar surface area (TPSA) is 43.8 Å². The minimum Gasteiger partial charge on any atom is -0.395 e. The van der Waals surface area contributed by atoms with Crippen molar-refractivity contribution in [3.63, 3.8) is 0 Å². The van der Waals surface area contributed by atoms with Crippen molar-refractivity contribution >= 4 is 6.03 Å². The molecule has 96 valence electrons. The third kappa shape index (κ3) is 4.00. The van der Waals surface area contributed by atoms with Gasteiger partial charge in [0.05, 0.1) is 6.61 Å². The van der Waals surface area contributed by atoms with Crippen molar-refractivity contribution in [2.24, 2.45) is 0 Å². The molecular formula is C12H26N2O2. The van der Waals surface area contributed by atoms with Crippen LogP contribution in [-0.4, -0.2) is 53.2 Å². The smallest absolute Gasteiger partial charge is 0.320 e. The van der Waals surface area contributed by atoms with Gasteiger partial charge in [0.25, 0.3) is 0 Å². The van der Waals surface area contributed by atoms with Crippen molar-refractivity contribution in [1.29, 1.82) is 0 Å². The molecule has 2 amide bonds. The predicted octanol–water partition coefficient (Wildman–Crippen LogP) is 1.93. The number of amides is 2. The van der Waals surface area contributed by atoms with Gasteiger partial charge in [0.2, 0.25) is 0 Å². The predicted molar refractivity (Wildman–Crippen MR) is 66.5 cm³/mol. The summed E-state index contributed by atoms with van der Waals surface area (Å²) in [5.74, 6) is 0. The lowest BCUT2D eigenvalue weighted by atomic mass is 10.1. The second-order valence-corrected chi connectivity index (χ2v) is 3.84. The van der Waals surface area contributed by atoms with Gasteiger partial charge >= 0.3 is 6.03 Å². The Hall–Kier alpha value is -0.770. The molecule has 0 saturated carbocycles. The number of rotatable bonds is 7. The van der Waals surface area contributed by atoms with E-state index in [0.29, 0.717) is 6.54 Å². The van der Waals surface area contributed by atoms with E-state index < -0.39 is 0 Å². The summed E-state index contributed by atoms with van der Waals surface area (Å²) in [6, 6.07) is 0.285. The Balaban J connectivity index is 4.67. The van der Waals surface area contributed by atoms with Gasteiger partial charge in [-0.2, -0.15) is 0 Å². The van der Waals surface area contributed by atoms with Crippen LogP contribution in [0.25, 0.3) is 0 Å². The van der Waals surface area contributed by atoms with Gasteiger partial charge in [-0.3, -0.25) is 0 Å². The molecule has 0 aromatic rings. The molecule has 1 N–H and O–H groups in total. The summed E-state index contributed by atoms with van der Waals surface area (Å²) >= 11 is 0. The molecule has 0 aliphatic rings. The van der Waals surface area contributed by atoms with Crippen molar-refractivity contribution in [3.05, 3.63) is 0 Å². The normalized spacial score (nSPS) is 10.6. The Bertz CT molecular complexity index is 189. The van der Waals surface area contributed by atoms with Crippen LogP contribution in [0, 0.1) is 0 Å². The van der Waals surface area contributed by atoms with Crippen LogP contribution in [0.3, 0.4) is 0 Å². The van der Waals surface area contributed by atoms with Crippen LogP contribution in [0.4, 0.5) is 4.79 Å². The maximum atomic E-state index is 12.2. The molecule has 0 aliphatic heterocycles. The summed E-state index contributed by atoms with van der Waals surface area (Å²) in [5, 5.41) is 9.04. The Morgan fingerprint density at radius 2 is 1.62 bits per heavy atom. The number of carbonyl (C=O) groups is 1. The van der Waals surface area contributed by atoms with Gasteiger partial charge in [0.15, 0.2) is 0 Å². The summed E-state index contributed by atoms with van der Waals surface area (Å²) in [7, 11) is 0. The lowest BCUT2D eigenvalue weighted by Crippen LogP contribution is -2.49. The molecule has 4 heteroatoms. The number of aliphatic hydroxyl groups excluding tert-OH is 1. The van der Waals surface area contributed by atoms with E-state index in [1.807, 2.05) is 13.8 Å². The molecule has 0 fully saturated rings. The van der Waals surface area contributed by atoms with E-state index in [-0.39, 0.29) is 18.7 Å². The largest absolute Gasteiger partial charge is 0.395 e. The maximum Gasteiger partial charge on any atom is 0.320 e. The van der Waals surface area contributed by atoms with Crippen LogP contribution in [0.2, 0.25) is 0 Å².